The molecule has 0 unspecified atom stereocenters. The molecule has 3 heteroatoms. The smallest absolute Gasteiger partial charge is 0.0916 e. The lowest BCUT2D eigenvalue weighted by molar-refractivity contribution is -0.941. The molecule has 3 aliphatic rings. The molecule has 150 valence electrons. The molecular weight excluding hydrogens is 328 g/mol. The summed E-state index contributed by atoms with van der Waals surface area (Å²) in [5.41, 5.74) is 0. The van der Waals surface area contributed by atoms with Crippen LogP contribution in [0.2, 0.25) is 0 Å². The Hall–Kier alpha value is 0.210. The van der Waals surface area contributed by atoms with Gasteiger partial charge in [-0.3, -0.25) is 4.90 Å². The van der Waals surface area contributed by atoms with Crippen LogP contribution in [0.1, 0.15) is 96.8 Å². The minimum atomic E-state index is 0. The van der Waals surface area contributed by atoms with E-state index in [4.69, 9.17) is 0 Å². The Morgan fingerprint density at radius 1 is 0.560 bits per heavy atom. The summed E-state index contributed by atoms with van der Waals surface area (Å²) in [6, 6.07) is 0. The van der Waals surface area contributed by atoms with Crippen molar-refractivity contribution in [3.8, 4) is 0 Å². The predicted molar refractivity (Wildman–Crippen MR) is 106 cm³/mol. The quantitative estimate of drug-likeness (QED) is 0.315. The fourth-order valence-electron chi connectivity index (χ4n) is 4.71. The first kappa shape index (κ1) is 23.2. The molecule has 3 rings (SSSR count). The SMILES string of the molecule is CCCCCCCCCCCCCCCC[N+]12CCN(CC1)CC2.[Cl-]. The van der Waals surface area contributed by atoms with Crippen LogP contribution >= 0.6 is 0 Å². The van der Waals surface area contributed by atoms with Crippen LogP contribution in [0.25, 0.3) is 0 Å². The molecule has 0 radical (unpaired) electrons. The Morgan fingerprint density at radius 3 is 1.32 bits per heavy atom. The van der Waals surface area contributed by atoms with Gasteiger partial charge in [0.25, 0.3) is 0 Å². The van der Waals surface area contributed by atoms with Crippen LogP contribution in [0.15, 0.2) is 0 Å². The van der Waals surface area contributed by atoms with Gasteiger partial charge in [0.15, 0.2) is 0 Å². The fraction of sp³-hybridized carbons (Fsp3) is 1.00. The second-order valence-corrected chi connectivity index (χ2v) is 8.67. The van der Waals surface area contributed by atoms with E-state index < -0.39 is 0 Å². The van der Waals surface area contributed by atoms with Gasteiger partial charge < -0.3 is 16.9 Å². The van der Waals surface area contributed by atoms with Crippen molar-refractivity contribution in [3.05, 3.63) is 0 Å². The molecule has 3 aliphatic heterocycles. The Morgan fingerprint density at radius 2 is 0.920 bits per heavy atom. The molecule has 0 aromatic carbocycles. The van der Waals surface area contributed by atoms with Crippen LogP contribution in [0.3, 0.4) is 0 Å². The summed E-state index contributed by atoms with van der Waals surface area (Å²) in [6.45, 7) is 12.2. The van der Waals surface area contributed by atoms with Gasteiger partial charge in [0.2, 0.25) is 0 Å². The van der Waals surface area contributed by atoms with Gasteiger partial charge in [0, 0.05) is 19.6 Å². The molecule has 25 heavy (non-hydrogen) atoms. The lowest BCUT2D eigenvalue weighted by atomic mass is 10.0. The van der Waals surface area contributed by atoms with E-state index in [0.717, 1.165) is 0 Å². The average molecular weight is 373 g/mol. The van der Waals surface area contributed by atoms with E-state index >= 15 is 0 Å². The zero-order chi connectivity index (χ0) is 16.9. The normalized spacial score (nSPS) is 25.1. The summed E-state index contributed by atoms with van der Waals surface area (Å²) in [5, 5.41) is 0. The van der Waals surface area contributed by atoms with Crippen LogP contribution in [0.4, 0.5) is 0 Å². The Labute approximate surface area is 164 Å². The minimum absolute atomic E-state index is 0. The summed E-state index contributed by atoms with van der Waals surface area (Å²) in [5.74, 6) is 0. The standard InChI is InChI=1S/C22H45N2.ClH/c1-2-3-4-5-6-7-8-9-10-11-12-13-14-15-19-24-20-16-23(17-21-24)18-22-24;/h2-22H2,1H3;1H/q+1;/p-1. The predicted octanol–water partition coefficient (Wildman–Crippen LogP) is 2.62. The zero-order valence-corrected chi connectivity index (χ0v) is 17.9. The third-order valence-corrected chi connectivity index (χ3v) is 6.66. The Kier molecular flexibility index (Phi) is 13.3. The monoisotopic (exact) mass is 372 g/mol. The van der Waals surface area contributed by atoms with Gasteiger partial charge in [0.05, 0.1) is 26.2 Å². The summed E-state index contributed by atoms with van der Waals surface area (Å²) >= 11 is 0. The lowest BCUT2D eigenvalue weighted by Crippen LogP contribution is -3.00. The molecule has 0 saturated carbocycles. The van der Waals surface area contributed by atoms with Crippen molar-refractivity contribution >= 4 is 0 Å². The molecule has 3 saturated heterocycles. The molecule has 0 amide bonds. The van der Waals surface area contributed by atoms with E-state index in [2.05, 4.69) is 11.8 Å². The van der Waals surface area contributed by atoms with E-state index in [0.29, 0.717) is 0 Å². The van der Waals surface area contributed by atoms with Crippen molar-refractivity contribution in [2.75, 3.05) is 45.8 Å². The first-order chi connectivity index (χ1) is 11.8. The number of fused-ring (bicyclic) bond motifs is 3. The van der Waals surface area contributed by atoms with Crippen LogP contribution in [-0.4, -0.2) is 55.2 Å². The van der Waals surface area contributed by atoms with Gasteiger partial charge in [-0.25, -0.2) is 0 Å². The van der Waals surface area contributed by atoms with Crippen LogP contribution in [0.5, 0.6) is 0 Å². The van der Waals surface area contributed by atoms with Crippen LogP contribution < -0.4 is 12.4 Å². The second-order valence-electron chi connectivity index (χ2n) is 8.67. The highest BCUT2D eigenvalue weighted by atomic mass is 35.5. The number of piperazine rings is 3. The minimum Gasteiger partial charge on any atom is -1.00 e. The van der Waals surface area contributed by atoms with Gasteiger partial charge in [-0.1, -0.05) is 84.0 Å². The van der Waals surface area contributed by atoms with E-state index in [1.165, 1.54) is 140 Å². The first-order valence-corrected chi connectivity index (χ1v) is 11.4. The maximum Gasteiger partial charge on any atom is 0.0916 e. The van der Waals surface area contributed by atoms with Crippen LogP contribution in [-0.2, 0) is 0 Å². The largest absolute Gasteiger partial charge is 1.00 e. The third-order valence-electron chi connectivity index (χ3n) is 6.66. The topological polar surface area (TPSA) is 3.24 Å². The summed E-state index contributed by atoms with van der Waals surface area (Å²) in [6.07, 6.45) is 20.6. The number of hydrogen-bond acceptors (Lipinski definition) is 1. The highest BCUT2D eigenvalue weighted by Crippen LogP contribution is 2.21. The molecule has 2 bridgehead atoms. The summed E-state index contributed by atoms with van der Waals surface area (Å²) < 4.78 is 1.47. The van der Waals surface area contributed by atoms with Gasteiger partial charge in [-0.2, -0.15) is 0 Å². The zero-order valence-electron chi connectivity index (χ0n) is 17.1. The summed E-state index contributed by atoms with van der Waals surface area (Å²) in [7, 11) is 0. The van der Waals surface area contributed by atoms with Crippen molar-refractivity contribution in [2.24, 2.45) is 0 Å². The van der Waals surface area contributed by atoms with Gasteiger partial charge >= 0.3 is 0 Å². The number of nitrogens with zero attached hydrogens (tertiary/aromatic N) is 2. The molecule has 0 aliphatic carbocycles. The number of halogens is 1. The number of rotatable bonds is 15. The highest BCUT2D eigenvalue weighted by molar-refractivity contribution is 4.70. The molecule has 2 nitrogen and oxygen atoms in total. The van der Waals surface area contributed by atoms with Gasteiger partial charge in [0.1, 0.15) is 0 Å². The number of hydrogen-bond donors (Lipinski definition) is 0. The molecule has 0 spiro atoms. The average Bonchev–Trinajstić information content (AvgIpc) is 2.63. The third kappa shape index (κ3) is 9.63. The molecule has 3 fully saturated rings. The highest BCUT2D eigenvalue weighted by Gasteiger charge is 2.37. The van der Waals surface area contributed by atoms with Crippen molar-refractivity contribution in [2.45, 2.75) is 96.8 Å². The van der Waals surface area contributed by atoms with E-state index in [9.17, 15) is 0 Å². The first-order valence-electron chi connectivity index (χ1n) is 11.4. The van der Waals surface area contributed by atoms with Crippen molar-refractivity contribution < 1.29 is 16.9 Å². The van der Waals surface area contributed by atoms with Gasteiger partial charge in [-0.05, 0) is 12.8 Å². The molecule has 0 aromatic heterocycles. The molecule has 0 aromatic rings. The molecule has 0 atom stereocenters. The van der Waals surface area contributed by atoms with Crippen LogP contribution in [0, 0.1) is 0 Å². The second kappa shape index (κ2) is 14.3. The lowest BCUT2D eigenvalue weighted by Gasteiger charge is -2.50. The maximum absolute atomic E-state index is 2.66. The number of quaternary nitrogens is 1. The van der Waals surface area contributed by atoms with E-state index in [1.54, 1.807) is 0 Å². The van der Waals surface area contributed by atoms with Crippen molar-refractivity contribution in [1.29, 1.82) is 0 Å². The van der Waals surface area contributed by atoms with Crippen molar-refractivity contribution in [3.63, 3.8) is 0 Å². The Balaban J connectivity index is 0.00000312. The van der Waals surface area contributed by atoms with E-state index in [-0.39, 0.29) is 12.4 Å². The number of unbranched alkanes of at least 4 members (excludes halogenated alkanes) is 13. The molecular formula is C22H45ClN2. The Bertz CT molecular complexity index is 287. The summed E-state index contributed by atoms with van der Waals surface area (Å²) in [4.78, 5) is 2.66. The fourth-order valence-corrected chi connectivity index (χ4v) is 4.71. The maximum atomic E-state index is 2.66. The molecule has 0 N–H and O–H groups in total. The van der Waals surface area contributed by atoms with Gasteiger partial charge in [-0.15, -0.1) is 0 Å². The molecule has 3 heterocycles. The van der Waals surface area contributed by atoms with E-state index in [1.807, 2.05) is 0 Å². The van der Waals surface area contributed by atoms with Crippen molar-refractivity contribution in [1.82, 2.24) is 4.90 Å².